The Hall–Kier alpha value is -1.96. The molecule has 0 spiro atoms. The Labute approximate surface area is 255 Å². The van der Waals surface area contributed by atoms with Crippen molar-refractivity contribution in [3.8, 4) is 22.3 Å². The van der Waals surface area contributed by atoms with E-state index in [0.29, 0.717) is 13.2 Å². The van der Waals surface area contributed by atoms with E-state index in [1.54, 1.807) is 22.3 Å². The van der Waals surface area contributed by atoms with Gasteiger partial charge in [-0.1, -0.05) is 0 Å². The van der Waals surface area contributed by atoms with Crippen LogP contribution in [0.2, 0.25) is 9.26 Å². The standard InChI is InChI=1S/C18H17.C16H13.2CH3.2ClH.H2Si.Zr/c1-13(2)16-11-15-9-6-10-17(18(15)12-16)14-7-4-3-5-8-14;1-12-10-14-8-5-9-15(16(14)11-12)13-6-3-2-4-7-13;;;;;;/h3-13H,1-2H3;2-11H,1H3;2*1H3;2*1H;1H2;. The summed E-state index contributed by atoms with van der Waals surface area (Å²) in [5.74, 6) is 0.523. The Balaban J connectivity index is 0.00000185. The maximum atomic E-state index is 2.75. The summed E-state index contributed by atoms with van der Waals surface area (Å²) in [6.45, 7) is 9.65. The fraction of sp³-hybridized carbons (Fsp3) is 0.222. The van der Waals surface area contributed by atoms with Gasteiger partial charge in [0, 0.05) is 0 Å². The van der Waals surface area contributed by atoms with E-state index in [4.69, 9.17) is 0 Å². The molecule has 2 aliphatic rings. The molecule has 0 radical (unpaired) electrons. The van der Waals surface area contributed by atoms with Gasteiger partial charge in [-0.3, -0.25) is 0 Å². The second kappa shape index (κ2) is 11.4. The number of hydrogen-bond donors (Lipinski definition) is 0. The van der Waals surface area contributed by atoms with Crippen LogP contribution in [-0.4, -0.2) is 6.88 Å². The third-order valence-corrected chi connectivity index (χ3v) is 26.7. The number of hydrogen-bond acceptors (Lipinski definition) is 0. The summed E-state index contributed by atoms with van der Waals surface area (Å²) in [7, 11) is 0. The second-order valence-corrected chi connectivity index (χ2v) is 43.3. The number of halogens is 2. The monoisotopic (exact) mass is 660 g/mol. The van der Waals surface area contributed by atoms with Crippen molar-refractivity contribution in [2.75, 3.05) is 0 Å². The van der Waals surface area contributed by atoms with E-state index in [0.717, 1.165) is 0 Å². The average molecular weight is 663 g/mol. The molecule has 6 rings (SSSR count). The van der Waals surface area contributed by atoms with Crippen molar-refractivity contribution in [3.05, 3.63) is 130 Å². The SMILES string of the molecule is CC1=Cc2c(-c3ccccc3)cccc2[CH]1[Zr]([CH3])([CH3])(=[SiH2])[CH]1C(C(C)C)=Cc2c(-c3ccccc3)cccc21.Cl.Cl. The zero-order chi connectivity index (χ0) is 26.7. The summed E-state index contributed by atoms with van der Waals surface area (Å²) in [5.41, 5.74) is 14.6. The van der Waals surface area contributed by atoms with E-state index < -0.39 is 17.4 Å². The molecule has 2 unspecified atom stereocenters. The third kappa shape index (κ3) is 5.00. The maximum absolute atomic E-state index is 3.57. The van der Waals surface area contributed by atoms with Crippen molar-refractivity contribution in [1.82, 2.24) is 0 Å². The van der Waals surface area contributed by atoms with Crippen LogP contribution >= 0.6 is 24.8 Å². The summed E-state index contributed by atoms with van der Waals surface area (Å²) >= 11 is -3.57. The van der Waals surface area contributed by atoms with Crippen LogP contribution in [0.3, 0.4) is 0 Å². The first-order chi connectivity index (χ1) is 18.2. The molecule has 4 heteroatoms. The molecule has 4 aromatic rings. The zero-order valence-corrected chi connectivity index (χ0v) is 29.7. The van der Waals surface area contributed by atoms with Crippen LogP contribution in [0, 0.1) is 5.92 Å². The van der Waals surface area contributed by atoms with Crippen LogP contribution in [0.15, 0.2) is 108 Å². The van der Waals surface area contributed by atoms with Crippen LogP contribution in [0.1, 0.15) is 50.3 Å². The predicted octanol–water partition coefficient (Wildman–Crippen LogP) is 10.5. The van der Waals surface area contributed by atoms with Crippen molar-refractivity contribution >= 4 is 43.8 Å². The van der Waals surface area contributed by atoms with Crippen LogP contribution in [0.25, 0.3) is 34.4 Å². The van der Waals surface area contributed by atoms with Gasteiger partial charge in [-0.05, 0) is 0 Å². The molecule has 0 bridgehead atoms. The van der Waals surface area contributed by atoms with Crippen LogP contribution < -0.4 is 0 Å². The Morgan fingerprint density at radius 3 is 1.52 bits per heavy atom. The molecule has 2 aliphatic carbocycles. The fourth-order valence-electron chi connectivity index (χ4n) is 7.70. The van der Waals surface area contributed by atoms with Crippen molar-refractivity contribution in [2.24, 2.45) is 5.92 Å². The zero-order valence-electron chi connectivity index (χ0n) is 24.1. The van der Waals surface area contributed by atoms with Crippen molar-refractivity contribution in [1.29, 1.82) is 0 Å². The van der Waals surface area contributed by atoms with Crippen molar-refractivity contribution in [3.63, 3.8) is 0 Å². The van der Waals surface area contributed by atoms with Gasteiger partial charge in [0.25, 0.3) is 0 Å². The minimum absolute atomic E-state index is 0. The first kappa shape index (κ1) is 31.0. The summed E-state index contributed by atoms with van der Waals surface area (Å²) in [6.07, 6.45) is 5.10. The van der Waals surface area contributed by atoms with E-state index in [-0.39, 0.29) is 24.8 Å². The molecule has 4 aromatic carbocycles. The summed E-state index contributed by atoms with van der Waals surface area (Å²) in [6, 6.07) is 36.0. The molecule has 206 valence electrons. The second-order valence-electron chi connectivity index (χ2n) is 12.8. The molecule has 0 saturated carbocycles. The molecule has 0 N–H and O–H groups in total. The molecule has 0 aliphatic heterocycles. The fourth-order valence-corrected chi connectivity index (χ4v) is 28.3. The first-order valence-corrected chi connectivity index (χ1v) is 27.7. The molecular weight excluding hydrogens is 623 g/mol. The minimum Gasteiger partial charge on any atom is -0.147 e. The smallest absolute Gasteiger partial charge is 0.147 e. The van der Waals surface area contributed by atoms with E-state index in [1.807, 2.05) is 0 Å². The van der Waals surface area contributed by atoms with Gasteiger partial charge in [0.2, 0.25) is 0 Å². The van der Waals surface area contributed by atoms with Crippen LogP contribution in [0.4, 0.5) is 0 Å². The molecule has 40 heavy (non-hydrogen) atoms. The van der Waals surface area contributed by atoms with Gasteiger partial charge in [-0.25, -0.2) is 0 Å². The first-order valence-electron chi connectivity index (χ1n) is 14.0. The third-order valence-electron chi connectivity index (χ3n) is 9.11. The molecule has 2 atom stereocenters. The van der Waals surface area contributed by atoms with Gasteiger partial charge in [-0.15, -0.1) is 24.8 Å². The normalized spacial score (nSPS) is 17.8. The number of fused-ring (bicyclic) bond motifs is 2. The Morgan fingerprint density at radius 2 is 1.05 bits per heavy atom. The van der Waals surface area contributed by atoms with E-state index in [1.165, 1.54) is 33.4 Å². The predicted molar refractivity (Wildman–Crippen MR) is 180 cm³/mol. The Morgan fingerprint density at radius 1 is 0.600 bits per heavy atom. The molecule has 0 saturated heterocycles. The quantitative estimate of drug-likeness (QED) is 0.187. The molecule has 0 amide bonds. The van der Waals surface area contributed by atoms with Gasteiger partial charge in [-0.2, -0.15) is 0 Å². The molecule has 0 fully saturated rings. The van der Waals surface area contributed by atoms with Crippen LogP contribution in [-0.2, 0) is 17.4 Å². The van der Waals surface area contributed by atoms with E-state index >= 15 is 0 Å². The van der Waals surface area contributed by atoms with Crippen LogP contribution in [0.5, 0.6) is 0 Å². The molecular formula is C36H40Cl2SiZr. The topological polar surface area (TPSA) is 0 Å². The van der Waals surface area contributed by atoms with Gasteiger partial charge < -0.3 is 0 Å². The number of allylic oxidation sites excluding steroid dienone is 2. The summed E-state index contributed by atoms with van der Waals surface area (Å²) < 4.78 is 6.56. The van der Waals surface area contributed by atoms with Gasteiger partial charge in [0.15, 0.2) is 0 Å². The Bertz CT molecular complexity index is 1680. The average Bonchev–Trinajstić information content (AvgIpc) is 3.48. The molecule has 0 nitrogen and oxygen atoms in total. The van der Waals surface area contributed by atoms with Crippen molar-refractivity contribution in [2.45, 2.75) is 37.3 Å². The number of benzene rings is 4. The van der Waals surface area contributed by atoms with Crippen molar-refractivity contribution < 1.29 is 17.4 Å². The summed E-state index contributed by atoms with van der Waals surface area (Å²) in [5, 5.41) is 0. The summed E-state index contributed by atoms with van der Waals surface area (Å²) in [4.78, 5) is 0. The maximum Gasteiger partial charge on any atom is -0.147 e. The van der Waals surface area contributed by atoms with Gasteiger partial charge >= 0.3 is 232 Å². The van der Waals surface area contributed by atoms with Gasteiger partial charge in [0.1, 0.15) is 0 Å². The molecule has 0 aromatic heterocycles. The van der Waals surface area contributed by atoms with E-state index in [9.17, 15) is 0 Å². The minimum atomic E-state index is -3.57. The molecule has 0 heterocycles. The van der Waals surface area contributed by atoms with E-state index in [2.05, 4.69) is 146 Å². The Kier molecular flexibility index (Phi) is 8.81. The van der Waals surface area contributed by atoms with Gasteiger partial charge in [0.05, 0.1) is 0 Å². The number of rotatable bonds is 5. The largest absolute Gasteiger partial charge is 0.147 e.